The molecule has 1 aromatic heterocycles. The molecule has 112 valence electrons. The molecule has 0 bridgehead atoms. The van der Waals surface area contributed by atoms with Gasteiger partial charge >= 0.3 is 0 Å². The van der Waals surface area contributed by atoms with Crippen LogP contribution in [0.2, 0.25) is 0 Å². The van der Waals surface area contributed by atoms with Crippen LogP contribution in [0.1, 0.15) is 28.7 Å². The lowest BCUT2D eigenvalue weighted by atomic mass is 10.1. The van der Waals surface area contributed by atoms with E-state index >= 15 is 0 Å². The van der Waals surface area contributed by atoms with Gasteiger partial charge in [0.05, 0.1) is 5.69 Å². The van der Waals surface area contributed by atoms with Crippen LogP contribution in [0.3, 0.4) is 0 Å². The first kappa shape index (κ1) is 16.0. The van der Waals surface area contributed by atoms with Gasteiger partial charge in [0.15, 0.2) is 0 Å². The Balaban J connectivity index is 1.88. The first-order valence-corrected chi connectivity index (χ1v) is 8.08. The summed E-state index contributed by atoms with van der Waals surface area (Å²) >= 11 is 2.21. The summed E-state index contributed by atoms with van der Waals surface area (Å²) in [5.74, 6) is 0.309. The normalized spacial score (nSPS) is 12.2. The number of hydrogen-bond donors (Lipinski definition) is 1. The van der Waals surface area contributed by atoms with Gasteiger partial charge in [-0.1, -0.05) is 13.0 Å². The van der Waals surface area contributed by atoms with Gasteiger partial charge in [0.2, 0.25) is 0 Å². The van der Waals surface area contributed by atoms with Crippen molar-refractivity contribution in [1.82, 2.24) is 15.1 Å². The fourth-order valence-electron chi connectivity index (χ4n) is 2.22. The van der Waals surface area contributed by atoms with E-state index in [0.717, 1.165) is 21.5 Å². The molecule has 2 aromatic rings. The van der Waals surface area contributed by atoms with E-state index in [2.05, 4.69) is 52.9 Å². The zero-order valence-corrected chi connectivity index (χ0v) is 14.7. The lowest BCUT2D eigenvalue weighted by Gasteiger charge is -2.14. The Morgan fingerprint density at radius 3 is 2.76 bits per heavy atom. The maximum atomic E-state index is 12.1. The van der Waals surface area contributed by atoms with E-state index < -0.39 is 0 Å². The molecule has 1 N–H and O–H groups in total. The quantitative estimate of drug-likeness (QED) is 0.788. The van der Waals surface area contributed by atoms with E-state index in [1.54, 1.807) is 0 Å². The van der Waals surface area contributed by atoms with Gasteiger partial charge in [0, 0.05) is 27.9 Å². The maximum absolute atomic E-state index is 12.1. The summed E-state index contributed by atoms with van der Waals surface area (Å²) in [5.41, 5.74) is 2.89. The number of halogens is 1. The first-order valence-electron chi connectivity index (χ1n) is 7.00. The number of aryl methyl sites for hydroxylation is 2. The van der Waals surface area contributed by atoms with E-state index in [4.69, 9.17) is 0 Å². The number of aromatic nitrogens is 2. The summed E-state index contributed by atoms with van der Waals surface area (Å²) in [4.78, 5) is 12.1. The van der Waals surface area contributed by atoms with Crippen LogP contribution in [-0.2, 0) is 6.54 Å². The van der Waals surface area contributed by atoms with Crippen LogP contribution in [0.25, 0.3) is 0 Å². The van der Waals surface area contributed by atoms with E-state index in [0.29, 0.717) is 18.0 Å². The standard InChI is InChI=1S/C16H20IN3O/c1-11(10-20-13(3)7-12(2)19-20)9-18-16(21)14-5-4-6-15(17)8-14/h4-8,11H,9-10H2,1-3H3,(H,18,21)/t11-/m0/s1. The van der Waals surface area contributed by atoms with Gasteiger partial charge in [-0.25, -0.2) is 0 Å². The van der Waals surface area contributed by atoms with Crippen molar-refractivity contribution in [3.63, 3.8) is 0 Å². The van der Waals surface area contributed by atoms with Gasteiger partial charge in [-0.3, -0.25) is 9.48 Å². The van der Waals surface area contributed by atoms with Gasteiger partial charge < -0.3 is 5.32 Å². The molecular formula is C16H20IN3O. The van der Waals surface area contributed by atoms with Gasteiger partial charge in [-0.15, -0.1) is 0 Å². The molecule has 1 heterocycles. The summed E-state index contributed by atoms with van der Waals surface area (Å²) < 4.78 is 3.06. The number of carbonyl (C=O) groups excluding carboxylic acids is 1. The average Bonchev–Trinajstić information content (AvgIpc) is 2.74. The molecule has 1 amide bonds. The third-order valence-corrected chi connectivity index (χ3v) is 3.96. The number of nitrogens with zero attached hydrogens (tertiary/aromatic N) is 2. The largest absolute Gasteiger partial charge is 0.352 e. The molecule has 1 aromatic carbocycles. The average molecular weight is 397 g/mol. The maximum Gasteiger partial charge on any atom is 0.251 e. The molecule has 21 heavy (non-hydrogen) atoms. The van der Waals surface area contributed by atoms with Crippen molar-refractivity contribution in [2.45, 2.75) is 27.3 Å². The molecule has 5 heteroatoms. The highest BCUT2D eigenvalue weighted by Gasteiger charge is 2.10. The van der Waals surface area contributed by atoms with E-state index in [1.807, 2.05) is 35.9 Å². The summed E-state index contributed by atoms with van der Waals surface area (Å²) in [5, 5.41) is 7.44. The fourth-order valence-corrected chi connectivity index (χ4v) is 2.76. The van der Waals surface area contributed by atoms with Crippen molar-refractivity contribution in [1.29, 1.82) is 0 Å². The third-order valence-electron chi connectivity index (χ3n) is 3.29. The minimum absolute atomic E-state index is 0.0197. The fraction of sp³-hybridized carbons (Fsp3) is 0.375. The van der Waals surface area contributed by atoms with Crippen LogP contribution in [0.5, 0.6) is 0 Å². The predicted octanol–water partition coefficient (Wildman–Crippen LogP) is 3.17. The van der Waals surface area contributed by atoms with Crippen LogP contribution in [-0.4, -0.2) is 22.2 Å². The molecule has 1 atom stereocenters. The number of carbonyl (C=O) groups is 1. The number of amides is 1. The number of nitrogens with one attached hydrogen (secondary N) is 1. The van der Waals surface area contributed by atoms with Crippen molar-refractivity contribution in [2.24, 2.45) is 5.92 Å². The molecule has 0 aliphatic rings. The molecule has 0 aliphatic carbocycles. The van der Waals surface area contributed by atoms with E-state index in [9.17, 15) is 4.79 Å². The molecule has 0 spiro atoms. The first-order chi connectivity index (χ1) is 9.95. The summed E-state index contributed by atoms with van der Waals surface area (Å²) in [6.45, 7) is 7.62. The molecule has 0 fully saturated rings. The Kier molecular flexibility index (Phi) is 5.39. The van der Waals surface area contributed by atoms with Crippen LogP contribution < -0.4 is 5.32 Å². The SMILES string of the molecule is Cc1cc(C)n(C[C@@H](C)CNC(=O)c2cccc(I)c2)n1. The van der Waals surface area contributed by atoms with Crippen LogP contribution in [0.15, 0.2) is 30.3 Å². The summed E-state index contributed by atoms with van der Waals surface area (Å²) in [6.07, 6.45) is 0. The molecule has 0 saturated carbocycles. The lowest BCUT2D eigenvalue weighted by Crippen LogP contribution is -2.30. The number of benzene rings is 1. The monoisotopic (exact) mass is 397 g/mol. The van der Waals surface area contributed by atoms with Gasteiger partial charge in [0.25, 0.3) is 5.91 Å². The number of rotatable bonds is 5. The molecule has 0 saturated heterocycles. The van der Waals surface area contributed by atoms with Gasteiger partial charge in [-0.05, 0) is 66.6 Å². The Morgan fingerprint density at radius 2 is 2.14 bits per heavy atom. The second kappa shape index (κ2) is 7.06. The van der Waals surface area contributed by atoms with Crippen molar-refractivity contribution < 1.29 is 4.79 Å². The van der Waals surface area contributed by atoms with Crippen LogP contribution >= 0.6 is 22.6 Å². The van der Waals surface area contributed by atoms with Crippen molar-refractivity contribution in [2.75, 3.05) is 6.54 Å². The summed E-state index contributed by atoms with van der Waals surface area (Å²) in [7, 11) is 0. The molecule has 0 radical (unpaired) electrons. The van der Waals surface area contributed by atoms with Crippen LogP contribution in [0.4, 0.5) is 0 Å². The summed E-state index contributed by atoms with van der Waals surface area (Å²) in [6, 6.07) is 9.67. The molecule has 4 nitrogen and oxygen atoms in total. The number of hydrogen-bond acceptors (Lipinski definition) is 2. The second-order valence-electron chi connectivity index (χ2n) is 5.43. The second-order valence-corrected chi connectivity index (χ2v) is 6.68. The van der Waals surface area contributed by atoms with Crippen molar-refractivity contribution in [3.8, 4) is 0 Å². The van der Waals surface area contributed by atoms with Gasteiger partial charge in [0.1, 0.15) is 0 Å². The Bertz CT molecular complexity index is 636. The highest BCUT2D eigenvalue weighted by molar-refractivity contribution is 14.1. The molecule has 0 aliphatic heterocycles. The topological polar surface area (TPSA) is 46.9 Å². The minimum atomic E-state index is -0.0197. The molecular weight excluding hydrogens is 377 g/mol. The molecule has 2 rings (SSSR count). The zero-order valence-electron chi connectivity index (χ0n) is 12.6. The molecule has 0 unspecified atom stereocenters. The Morgan fingerprint density at radius 1 is 1.38 bits per heavy atom. The highest BCUT2D eigenvalue weighted by Crippen LogP contribution is 2.09. The zero-order chi connectivity index (χ0) is 15.4. The smallest absolute Gasteiger partial charge is 0.251 e. The van der Waals surface area contributed by atoms with E-state index in [-0.39, 0.29) is 5.91 Å². The minimum Gasteiger partial charge on any atom is -0.352 e. The van der Waals surface area contributed by atoms with E-state index in [1.165, 1.54) is 0 Å². The van der Waals surface area contributed by atoms with Crippen molar-refractivity contribution >= 4 is 28.5 Å². The van der Waals surface area contributed by atoms with Gasteiger partial charge in [-0.2, -0.15) is 5.10 Å². The highest BCUT2D eigenvalue weighted by atomic mass is 127. The lowest BCUT2D eigenvalue weighted by molar-refractivity contribution is 0.0946. The predicted molar refractivity (Wildman–Crippen MR) is 92.4 cm³/mol. The Labute approximate surface area is 139 Å². The third kappa shape index (κ3) is 4.56. The van der Waals surface area contributed by atoms with Crippen LogP contribution in [0, 0.1) is 23.3 Å². The Hall–Kier alpha value is -1.37. The van der Waals surface area contributed by atoms with Crippen molar-refractivity contribution in [3.05, 3.63) is 50.9 Å².